The number of ether oxygens (including phenoxy) is 8. The zero-order valence-electron chi connectivity index (χ0n) is 36.6. The SMILES string of the molecule is C.COc1ccc2c(c1OC)C1(CC=CC1)N1CCc3cc4c(cc3C1C2)OCO4.COc1ccc2c(c1OC)C1(CCCC1)N1CCc3cc4c(cc3C1C2)OCO4.[B].[H-].[Na+]. The van der Waals surface area contributed by atoms with Gasteiger partial charge in [0.05, 0.1) is 39.5 Å². The first kappa shape index (κ1) is 43.6. The molecule has 2 aliphatic carbocycles. The Morgan fingerprint density at radius 1 is 0.574 bits per heavy atom. The Labute approximate surface area is 386 Å². The van der Waals surface area contributed by atoms with Crippen molar-refractivity contribution in [2.45, 2.75) is 94.8 Å². The second-order valence-corrected chi connectivity index (χ2v) is 17.0. The molecule has 10 nitrogen and oxygen atoms in total. The summed E-state index contributed by atoms with van der Waals surface area (Å²) in [6.07, 6.45) is 15.5. The number of hydrogen-bond acceptors (Lipinski definition) is 10. The summed E-state index contributed by atoms with van der Waals surface area (Å²) in [6.45, 7) is 2.74. The summed E-state index contributed by atoms with van der Waals surface area (Å²) in [4.78, 5) is 5.48. The molecule has 0 aromatic heterocycles. The maximum Gasteiger partial charge on any atom is 1.00 e. The summed E-state index contributed by atoms with van der Waals surface area (Å²) >= 11 is 0. The van der Waals surface area contributed by atoms with Crippen molar-refractivity contribution in [3.63, 3.8) is 0 Å². The van der Waals surface area contributed by atoms with Crippen LogP contribution in [0.5, 0.6) is 46.0 Å². The molecule has 8 aliphatic rings. The molecule has 0 bridgehead atoms. The van der Waals surface area contributed by atoms with E-state index in [1.54, 1.807) is 28.4 Å². The largest absolute Gasteiger partial charge is 1.00 e. The average Bonchev–Trinajstić information content (AvgIpc) is 4.11. The molecule has 1 fully saturated rings. The van der Waals surface area contributed by atoms with Gasteiger partial charge in [0.25, 0.3) is 0 Å². The fourth-order valence-corrected chi connectivity index (χ4v) is 12.2. The zero-order valence-corrected chi connectivity index (χ0v) is 37.6. The van der Waals surface area contributed by atoms with Crippen molar-refractivity contribution in [3.8, 4) is 46.0 Å². The molecular formula is C49H57BN2NaO8. The zero-order chi connectivity index (χ0) is 39.2. The van der Waals surface area contributed by atoms with E-state index < -0.39 is 0 Å². The minimum Gasteiger partial charge on any atom is -1.00 e. The third-order valence-corrected chi connectivity index (χ3v) is 14.6. The van der Waals surface area contributed by atoms with E-state index in [2.05, 4.69) is 64.4 Å². The van der Waals surface area contributed by atoms with E-state index in [-0.39, 0.29) is 57.9 Å². The quantitative estimate of drug-likeness (QED) is 0.184. The van der Waals surface area contributed by atoms with Crippen LogP contribution in [0.25, 0.3) is 0 Å². The molecule has 12 rings (SSSR count). The topological polar surface area (TPSA) is 80.3 Å². The van der Waals surface area contributed by atoms with E-state index in [1.165, 1.54) is 70.2 Å². The van der Waals surface area contributed by atoms with Crippen LogP contribution in [0, 0.1) is 0 Å². The van der Waals surface area contributed by atoms with Gasteiger partial charge in [0, 0.05) is 44.7 Å². The number of rotatable bonds is 4. The van der Waals surface area contributed by atoms with E-state index in [0.29, 0.717) is 25.7 Å². The van der Waals surface area contributed by atoms with Crippen molar-refractivity contribution in [1.82, 2.24) is 9.80 Å². The van der Waals surface area contributed by atoms with Crippen LogP contribution in [0.15, 0.2) is 60.7 Å². The smallest absolute Gasteiger partial charge is 1.00 e. The summed E-state index contributed by atoms with van der Waals surface area (Å²) in [5.74, 6) is 7.04. The monoisotopic (exact) mass is 835 g/mol. The summed E-state index contributed by atoms with van der Waals surface area (Å²) in [5, 5.41) is 0. The Hall–Kier alpha value is -4.00. The van der Waals surface area contributed by atoms with Crippen molar-refractivity contribution >= 4 is 8.41 Å². The van der Waals surface area contributed by atoms with Gasteiger partial charge in [-0.15, -0.1) is 0 Å². The van der Waals surface area contributed by atoms with Crippen LogP contribution in [0.4, 0.5) is 0 Å². The van der Waals surface area contributed by atoms with Crippen LogP contribution in [-0.2, 0) is 36.8 Å². The van der Waals surface area contributed by atoms with Crippen LogP contribution in [0.2, 0.25) is 0 Å². The van der Waals surface area contributed by atoms with Gasteiger partial charge in [-0.05, 0) is 121 Å². The summed E-state index contributed by atoms with van der Waals surface area (Å²) in [7, 11) is 6.98. The second-order valence-electron chi connectivity index (χ2n) is 17.0. The van der Waals surface area contributed by atoms with Crippen LogP contribution < -0.4 is 67.5 Å². The van der Waals surface area contributed by atoms with Gasteiger partial charge in [-0.2, -0.15) is 0 Å². The second kappa shape index (κ2) is 16.9. The van der Waals surface area contributed by atoms with Gasteiger partial charge in [0.15, 0.2) is 46.0 Å². The fourth-order valence-electron chi connectivity index (χ4n) is 12.2. The van der Waals surface area contributed by atoms with Crippen LogP contribution in [-0.4, -0.2) is 73.3 Å². The molecule has 0 N–H and O–H groups in total. The molecule has 315 valence electrons. The fraction of sp³-hybridized carbons (Fsp3) is 0.469. The van der Waals surface area contributed by atoms with Gasteiger partial charge in [0.2, 0.25) is 13.6 Å². The molecule has 2 atom stereocenters. The molecule has 0 saturated heterocycles. The molecule has 61 heavy (non-hydrogen) atoms. The molecule has 4 aromatic carbocycles. The van der Waals surface area contributed by atoms with Crippen molar-refractivity contribution in [2.75, 3.05) is 55.1 Å². The predicted octanol–water partition coefficient (Wildman–Crippen LogP) is 5.86. The Balaban J connectivity index is 0.000000175. The summed E-state index contributed by atoms with van der Waals surface area (Å²) < 4.78 is 45.9. The van der Waals surface area contributed by atoms with E-state index in [0.717, 1.165) is 97.6 Å². The van der Waals surface area contributed by atoms with Gasteiger partial charge in [-0.3, -0.25) is 9.80 Å². The first-order valence-electron chi connectivity index (χ1n) is 21.0. The molecule has 6 heterocycles. The van der Waals surface area contributed by atoms with Crippen molar-refractivity contribution in [2.24, 2.45) is 0 Å². The Kier molecular flexibility index (Phi) is 12.1. The first-order valence-corrected chi connectivity index (χ1v) is 21.0. The van der Waals surface area contributed by atoms with E-state index in [1.807, 2.05) is 6.07 Å². The van der Waals surface area contributed by atoms with Crippen LogP contribution in [0.3, 0.4) is 0 Å². The first-order chi connectivity index (χ1) is 28.5. The third kappa shape index (κ3) is 6.54. The van der Waals surface area contributed by atoms with Crippen molar-refractivity contribution in [3.05, 3.63) is 105 Å². The average molecular weight is 836 g/mol. The standard InChI is InChI=1S/C24H27NO4.C24H25NO4.CH4.B.Na.H/c2*1-26-19-6-5-16-11-18-17-13-21-20(28-14-29-21)12-15(17)7-10-25(18)24(8-3-4-9-24)22(16)23(19)27-2;;;;/h5-6,12-13,18H,3-4,7-11,14H2,1-2H3;3-6,12-13,18H,7-11,14H2,1-2H3;1H4;;;/q;;;;+1;-1. The predicted molar refractivity (Wildman–Crippen MR) is 232 cm³/mol. The maximum absolute atomic E-state index is 5.94. The molecule has 12 heteroatoms. The molecule has 6 aliphatic heterocycles. The van der Waals surface area contributed by atoms with Crippen molar-refractivity contribution in [1.29, 1.82) is 0 Å². The summed E-state index contributed by atoms with van der Waals surface area (Å²) in [6, 6.07) is 18.2. The molecule has 2 unspecified atom stereocenters. The van der Waals surface area contributed by atoms with E-state index in [9.17, 15) is 0 Å². The van der Waals surface area contributed by atoms with E-state index in [4.69, 9.17) is 37.9 Å². The number of fused-ring (bicyclic) bond motifs is 14. The molecular weight excluding hydrogens is 778 g/mol. The van der Waals surface area contributed by atoms with Crippen molar-refractivity contribution < 1.29 is 68.9 Å². The minimum atomic E-state index is -0.0772. The maximum atomic E-state index is 5.94. The third-order valence-electron chi connectivity index (χ3n) is 14.6. The van der Waals surface area contributed by atoms with Crippen LogP contribution >= 0.6 is 0 Å². The Morgan fingerprint density at radius 2 is 1.00 bits per heavy atom. The molecule has 4 aromatic rings. The number of benzene rings is 4. The van der Waals surface area contributed by atoms with Gasteiger partial charge in [0.1, 0.15) is 0 Å². The molecule has 3 radical (unpaired) electrons. The van der Waals surface area contributed by atoms with Gasteiger partial charge >= 0.3 is 29.6 Å². The number of methoxy groups -OCH3 is 4. The number of hydrogen-bond donors (Lipinski definition) is 0. The summed E-state index contributed by atoms with van der Waals surface area (Å²) in [5.41, 5.74) is 11.0. The van der Waals surface area contributed by atoms with Gasteiger partial charge < -0.3 is 39.3 Å². The van der Waals surface area contributed by atoms with Gasteiger partial charge in [-0.1, -0.05) is 44.6 Å². The normalized spacial score (nSPS) is 22.0. The number of nitrogens with zero attached hydrogens (tertiary/aromatic N) is 2. The molecule has 1 saturated carbocycles. The van der Waals surface area contributed by atoms with E-state index >= 15 is 0 Å². The minimum absolute atomic E-state index is 0. The Morgan fingerprint density at radius 3 is 1.44 bits per heavy atom. The molecule has 2 spiro atoms. The Bertz CT molecular complexity index is 2200. The van der Waals surface area contributed by atoms with Gasteiger partial charge in [-0.25, -0.2) is 0 Å². The van der Waals surface area contributed by atoms with Crippen LogP contribution in [0.1, 0.15) is 104 Å². The molecule has 0 amide bonds.